The molecule has 1 heterocycles. The molecule has 0 saturated heterocycles. The predicted octanol–water partition coefficient (Wildman–Crippen LogP) is 2.20. The van der Waals surface area contributed by atoms with Crippen LogP contribution < -0.4 is 16.4 Å². The summed E-state index contributed by atoms with van der Waals surface area (Å²) in [6, 6.07) is 20.3. The number of benzene rings is 3. The second-order valence-corrected chi connectivity index (χ2v) is 6.74. The van der Waals surface area contributed by atoms with Gasteiger partial charge in [-0.3, -0.25) is 24.3 Å². The van der Waals surface area contributed by atoms with Crippen LogP contribution in [-0.2, 0) is 0 Å². The molecule has 0 atom stereocenters. The minimum atomic E-state index is -1.07. The number of ketones is 1. The number of para-hydroxylation sites is 2. The molecule has 0 bridgehead atoms. The van der Waals surface area contributed by atoms with E-state index in [-0.39, 0.29) is 22.6 Å². The first kappa shape index (κ1) is 20.5. The van der Waals surface area contributed by atoms with E-state index < -0.39 is 33.4 Å². The highest BCUT2D eigenvalue weighted by molar-refractivity contribution is 6.10. The van der Waals surface area contributed by atoms with Gasteiger partial charge in [-0.2, -0.15) is 0 Å². The van der Waals surface area contributed by atoms with Crippen LogP contribution in [0.3, 0.4) is 0 Å². The van der Waals surface area contributed by atoms with Gasteiger partial charge >= 0.3 is 5.69 Å². The highest BCUT2D eigenvalue weighted by Gasteiger charge is 2.23. The molecule has 0 radical (unpaired) electrons. The van der Waals surface area contributed by atoms with E-state index in [1.807, 2.05) is 0 Å². The van der Waals surface area contributed by atoms with Crippen molar-refractivity contribution in [2.24, 2.45) is 0 Å². The van der Waals surface area contributed by atoms with Crippen LogP contribution in [0.15, 0.2) is 94.5 Å². The predicted molar refractivity (Wildman–Crippen MR) is 114 cm³/mol. The van der Waals surface area contributed by atoms with Crippen molar-refractivity contribution in [3.8, 4) is 17.3 Å². The van der Waals surface area contributed by atoms with Crippen LogP contribution in [0, 0.1) is 10.1 Å². The van der Waals surface area contributed by atoms with E-state index in [0.29, 0.717) is 0 Å². The minimum Gasteiger partial charge on any atom is -0.859 e. The summed E-state index contributed by atoms with van der Waals surface area (Å²) >= 11 is 0. The van der Waals surface area contributed by atoms with Crippen molar-refractivity contribution >= 4 is 11.5 Å². The van der Waals surface area contributed by atoms with Crippen molar-refractivity contribution in [1.82, 2.24) is 9.13 Å². The summed E-state index contributed by atoms with van der Waals surface area (Å²) < 4.78 is 1.51. The highest BCUT2D eigenvalue weighted by atomic mass is 16.6. The van der Waals surface area contributed by atoms with Crippen molar-refractivity contribution in [3.63, 3.8) is 0 Å². The maximum absolute atomic E-state index is 13.2. The Morgan fingerprint density at radius 2 is 1.25 bits per heavy atom. The van der Waals surface area contributed by atoms with Gasteiger partial charge in [-0.25, -0.2) is 9.36 Å². The Morgan fingerprint density at radius 3 is 1.75 bits per heavy atom. The van der Waals surface area contributed by atoms with Gasteiger partial charge in [-0.1, -0.05) is 36.4 Å². The first-order chi connectivity index (χ1) is 15.4. The molecule has 158 valence electrons. The summed E-state index contributed by atoms with van der Waals surface area (Å²) in [5.41, 5.74) is -2.71. The molecule has 3 aromatic carbocycles. The second kappa shape index (κ2) is 8.15. The van der Waals surface area contributed by atoms with Crippen LogP contribution in [0.2, 0.25) is 0 Å². The monoisotopic (exact) mass is 428 g/mol. The Bertz CT molecular complexity index is 1440. The number of non-ortho nitro benzene ring substituents is 1. The molecule has 4 rings (SSSR count). The fraction of sp³-hybridized carbons (Fsp3) is 0. The molecule has 1 aromatic heterocycles. The number of nitro benzene ring substituents is 1. The summed E-state index contributed by atoms with van der Waals surface area (Å²) in [7, 11) is 0. The number of nitro groups is 1. The molecule has 0 aliphatic carbocycles. The van der Waals surface area contributed by atoms with E-state index in [1.54, 1.807) is 36.4 Å². The third-order valence-electron chi connectivity index (χ3n) is 4.81. The van der Waals surface area contributed by atoms with E-state index in [2.05, 4.69) is 0 Å². The van der Waals surface area contributed by atoms with Crippen molar-refractivity contribution < 1.29 is 14.8 Å². The zero-order valence-corrected chi connectivity index (χ0v) is 16.4. The summed E-state index contributed by atoms with van der Waals surface area (Å²) in [5, 5.41) is 24.1. The molecule has 9 nitrogen and oxygen atoms in total. The lowest BCUT2D eigenvalue weighted by Crippen LogP contribution is -2.42. The smallest absolute Gasteiger partial charge is 0.339 e. The van der Waals surface area contributed by atoms with Gasteiger partial charge in [0.1, 0.15) is 0 Å². The molecule has 0 spiro atoms. The van der Waals surface area contributed by atoms with Crippen molar-refractivity contribution in [3.05, 3.63) is 127 Å². The normalized spacial score (nSPS) is 10.6. The molecule has 0 unspecified atom stereocenters. The lowest BCUT2D eigenvalue weighted by molar-refractivity contribution is -0.384. The van der Waals surface area contributed by atoms with Gasteiger partial charge in [-0.05, 0) is 42.3 Å². The molecule has 32 heavy (non-hydrogen) atoms. The molecular formula is C23H14N3O6-. The molecule has 0 amide bonds. The third kappa shape index (κ3) is 3.47. The molecule has 0 N–H and O–H groups in total. The Kier molecular flexibility index (Phi) is 5.22. The first-order valence-corrected chi connectivity index (χ1v) is 9.39. The maximum atomic E-state index is 13.2. The molecular weight excluding hydrogens is 414 g/mol. The minimum absolute atomic E-state index is 0.0947. The summed E-state index contributed by atoms with van der Waals surface area (Å²) in [4.78, 5) is 49.8. The highest BCUT2D eigenvalue weighted by Crippen LogP contribution is 2.20. The number of rotatable bonds is 5. The number of hydrogen-bond acceptors (Lipinski definition) is 6. The molecule has 9 heteroatoms. The van der Waals surface area contributed by atoms with Gasteiger partial charge in [0.2, 0.25) is 0 Å². The third-order valence-corrected chi connectivity index (χ3v) is 4.81. The standard InChI is InChI=1S/C23H15N3O6/c27-20(15-11-13-18(14-12-15)26(31)32)19-21(28)24(16-7-3-1-4-8-16)23(30)25(22(19)29)17-9-5-2-6-10-17/h1-14,28H/p-1. The topological polar surface area (TPSA) is 127 Å². The molecule has 0 fully saturated rings. The number of carbonyl (C=O) groups is 1. The largest absolute Gasteiger partial charge is 0.859 e. The fourth-order valence-corrected chi connectivity index (χ4v) is 3.27. The second-order valence-electron chi connectivity index (χ2n) is 6.74. The molecule has 0 saturated carbocycles. The summed E-state index contributed by atoms with van der Waals surface area (Å²) in [6.07, 6.45) is 0. The fourth-order valence-electron chi connectivity index (χ4n) is 3.27. The van der Waals surface area contributed by atoms with Crippen LogP contribution in [-0.4, -0.2) is 19.8 Å². The van der Waals surface area contributed by atoms with Crippen LogP contribution in [0.1, 0.15) is 15.9 Å². The van der Waals surface area contributed by atoms with E-state index in [0.717, 1.165) is 33.4 Å². The maximum Gasteiger partial charge on any atom is 0.339 e. The average Bonchev–Trinajstić information content (AvgIpc) is 2.80. The lowest BCUT2D eigenvalue weighted by atomic mass is 10.0. The molecule has 0 aliphatic rings. The van der Waals surface area contributed by atoms with E-state index in [9.17, 15) is 29.6 Å². The molecule has 4 aromatic rings. The Morgan fingerprint density at radius 1 is 0.750 bits per heavy atom. The van der Waals surface area contributed by atoms with Crippen molar-refractivity contribution in [1.29, 1.82) is 0 Å². The van der Waals surface area contributed by atoms with Gasteiger partial charge < -0.3 is 5.11 Å². The Hall–Kier alpha value is -4.79. The summed E-state index contributed by atoms with van der Waals surface area (Å²) in [6.45, 7) is 0. The van der Waals surface area contributed by atoms with Crippen molar-refractivity contribution in [2.75, 3.05) is 0 Å². The van der Waals surface area contributed by atoms with Crippen LogP contribution in [0.4, 0.5) is 5.69 Å². The van der Waals surface area contributed by atoms with E-state index >= 15 is 0 Å². The zero-order valence-electron chi connectivity index (χ0n) is 16.4. The quantitative estimate of drug-likeness (QED) is 0.272. The average molecular weight is 428 g/mol. The SMILES string of the molecule is O=C(c1ccc([N+](=O)[O-])cc1)c1c([O-])n(-c2ccccc2)c(=O)n(-c2ccccc2)c1=O. The van der Waals surface area contributed by atoms with Gasteiger partial charge in [0.15, 0.2) is 5.78 Å². The number of carbonyl (C=O) groups excluding carboxylic acids is 1. The van der Waals surface area contributed by atoms with Gasteiger partial charge in [0, 0.05) is 23.4 Å². The first-order valence-electron chi connectivity index (χ1n) is 9.39. The van der Waals surface area contributed by atoms with E-state index in [4.69, 9.17) is 0 Å². The molecule has 0 aliphatic heterocycles. The van der Waals surface area contributed by atoms with Crippen LogP contribution in [0.5, 0.6) is 5.88 Å². The number of nitrogens with zero attached hydrogens (tertiary/aromatic N) is 3. The van der Waals surface area contributed by atoms with Gasteiger partial charge in [0.05, 0.1) is 16.2 Å². The van der Waals surface area contributed by atoms with E-state index in [1.165, 1.54) is 24.3 Å². The summed E-state index contributed by atoms with van der Waals surface area (Å²) in [5.74, 6) is -2.01. The van der Waals surface area contributed by atoms with Gasteiger partial charge in [0.25, 0.3) is 11.2 Å². The zero-order chi connectivity index (χ0) is 22.8. The Balaban J connectivity index is 2.02. The van der Waals surface area contributed by atoms with Crippen LogP contribution >= 0.6 is 0 Å². The van der Waals surface area contributed by atoms with Crippen LogP contribution in [0.25, 0.3) is 11.4 Å². The number of hydrogen-bond donors (Lipinski definition) is 0. The lowest BCUT2D eigenvalue weighted by Gasteiger charge is -2.22. The van der Waals surface area contributed by atoms with Crippen molar-refractivity contribution in [2.45, 2.75) is 0 Å². The Labute approximate surface area is 180 Å². The van der Waals surface area contributed by atoms with Gasteiger partial charge in [-0.15, -0.1) is 0 Å². The number of aromatic nitrogens is 2.